The number of hydrogen-bond acceptors (Lipinski definition) is 2. The maximum absolute atomic E-state index is 4.13. The average Bonchev–Trinajstić information content (AvgIpc) is 2.61. The second-order valence-electron chi connectivity index (χ2n) is 2.43. The van der Waals surface area contributed by atoms with Crippen LogP contribution in [0.25, 0.3) is 11.2 Å². The van der Waals surface area contributed by atoms with E-state index in [1.54, 1.807) is 12.5 Å². The molecular formula is C9H6BrN3. The van der Waals surface area contributed by atoms with Gasteiger partial charge in [-0.05, 0) is 6.07 Å². The molecular weight excluding hydrogens is 230 g/mol. The highest BCUT2D eigenvalue weighted by atomic mass is 79.9. The Morgan fingerprint density at radius 2 is 2.38 bits per heavy atom. The van der Waals surface area contributed by atoms with Crippen molar-refractivity contribution in [3.63, 3.8) is 0 Å². The smallest absolute Gasteiger partial charge is 0.177 e. The molecule has 0 radical (unpaired) electrons. The second-order valence-corrected chi connectivity index (χ2v) is 2.99. The predicted molar refractivity (Wildman–Crippen MR) is 54.6 cm³/mol. The van der Waals surface area contributed by atoms with Gasteiger partial charge in [-0.15, -0.1) is 0 Å². The van der Waals surface area contributed by atoms with Gasteiger partial charge in [-0.3, -0.25) is 0 Å². The van der Waals surface area contributed by atoms with Crippen LogP contribution < -0.4 is 0 Å². The standard InChI is InChI=1S/C9H6BrN3/c10-3-1-2-7-4-8-9(11-5-7)13-6-12-8/h4-6H,3H2,(H,11,12,13). The molecule has 13 heavy (non-hydrogen) atoms. The first-order valence-electron chi connectivity index (χ1n) is 3.74. The molecule has 4 heteroatoms. The van der Waals surface area contributed by atoms with E-state index in [1.165, 1.54) is 0 Å². The largest absolute Gasteiger partial charge is 0.343 e. The summed E-state index contributed by atoms with van der Waals surface area (Å²) in [7, 11) is 0. The number of rotatable bonds is 0. The zero-order chi connectivity index (χ0) is 9.10. The number of nitrogens with zero attached hydrogens (tertiary/aromatic N) is 2. The molecule has 64 valence electrons. The third-order valence-corrected chi connectivity index (χ3v) is 1.85. The van der Waals surface area contributed by atoms with E-state index in [1.807, 2.05) is 6.07 Å². The van der Waals surface area contributed by atoms with Gasteiger partial charge in [-0.2, -0.15) is 0 Å². The van der Waals surface area contributed by atoms with Gasteiger partial charge in [0.2, 0.25) is 0 Å². The number of imidazole rings is 1. The molecule has 0 bridgehead atoms. The van der Waals surface area contributed by atoms with E-state index in [-0.39, 0.29) is 0 Å². The van der Waals surface area contributed by atoms with Crippen LogP contribution in [0, 0.1) is 11.8 Å². The zero-order valence-corrected chi connectivity index (χ0v) is 8.30. The van der Waals surface area contributed by atoms with Crippen LogP contribution in [0.3, 0.4) is 0 Å². The fraction of sp³-hybridized carbons (Fsp3) is 0.111. The SMILES string of the molecule is BrCC#Cc1cnc2nc[nH]c2c1. The number of hydrogen-bond donors (Lipinski definition) is 1. The molecule has 1 N–H and O–H groups in total. The van der Waals surface area contributed by atoms with Crippen LogP contribution in [0.5, 0.6) is 0 Å². The normalized spacial score (nSPS) is 9.62. The van der Waals surface area contributed by atoms with Crippen LogP contribution in [-0.4, -0.2) is 20.3 Å². The van der Waals surface area contributed by atoms with Gasteiger partial charge in [-0.1, -0.05) is 27.8 Å². The maximum atomic E-state index is 4.13. The minimum Gasteiger partial charge on any atom is -0.343 e. The van der Waals surface area contributed by atoms with Gasteiger partial charge in [-0.25, -0.2) is 9.97 Å². The Balaban J connectivity index is 2.48. The van der Waals surface area contributed by atoms with Crippen molar-refractivity contribution in [2.75, 3.05) is 5.33 Å². The van der Waals surface area contributed by atoms with Crippen molar-refractivity contribution in [3.8, 4) is 11.8 Å². The third kappa shape index (κ3) is 1.70. The number of aromatic nitrogens is 3. The lowest BCUT2D eigenvalue weighted by atomic mass is 10.3. The molecule has 3 nitrogen and oxygen atoms in total. The molecule has 2 aromatic heterocycles. The van der Waals surface area contributed by atoms with Crippen molar-refractivity contribution in [1.29, 1.82) is 0 Å². The van der Waals surface area contributed by atoms with E-state index in [9.17, 15) is 0 Å². The van der Waals surface area contributed by atoms with Gasteiger partial charge in [0.15, 0.2) is 5.65 Å². The van der Waals surface area contributed by atoms with Gasteiger partial charge in [0.1, 0.15) is 0 Å². The number of H-pyrrole nitrogens is 1. The first-order chi connectivity index (χ1) is 6.40. The molecule has 0 saturated carbocycles. The molecule has 0 saturated heterocycles. The quantitative estimate of drug-likeness (QED) is 0.558. The number of aromatic amines is 1. The molecule has 0 aliphatic heterocycles. The van der Waals surface area contributed by atoms with Crippen molar-refractivity contribution in [3.05, 3.63) is 24.2 Å². The molecule has 0 spiro atoms. The lowest BCUT2D eigenvalue weighted by Crippen LogP contribution is -1.80. The molecule has 0 amide bonds. The van der Waals surface area contributed by atoms with Gasteiger partial charge in [0, 0.05) is 11.8 Å². The van der Waals surface area contributed by atoms with E-state index in [2.05, 4.69) is 42.7 Å². The Kier molecular flexibility index (Phi) is 2.28. The first-order valence-corrected chi connectivity index (χ1v) is 4.86. The molecule has 2 aromatic rings. The minimum absolute atomic E-state index is 0.675. The highest BCUT2D eigenvalue weighted by Gasteiger charge is 1.96. The number of nitrogens with one attached hydrogen (secondary N) is 1. The molecule has 0 aliphatic carbocycles. The fourth-order valence-electron chi connectivity index (χ4n) is 1.03. The molecule has 0 aliphatic rings. The van der Waals surface area contributed by atoms with Crippen LogP contribution in [-0.2, 0) is 0 Å². The van der Waals surface area contributed by atoms with E-state index in [0.29, 0.717) is 5.33 Å². The van der Waals surface area contributed by atoms with E-state index in [0.717, 1.165) is 16.7 Å². The van der Waals surface area contributed by atoms with Gasteiger partial charge in [0.05, 0.1) is 17.2 Å². The summed E-state index contributed by atoms with van der Waals surface area (Å²) in [5, 5.41) is 0.675. The maximum Gasteiger partial charge on any atom is 0.177 e. The van der Waals surface area contributed by atoms with Crippen molar-refractivity contribution in [1.82, 2.24) is 15.0 Å². The molecule has 0 aromatic carbocycles. The topological polar surface area (TPSA) is 41.6 Å². The van der Waals surface area contributed by atoms with E-state index in [4.69, 9.17) is 0 Å². The monoisotopic (exact) mass is 235 g/mol. The highest BCUT2D eigenvalue weighted by molar-refractivity contribution is 9.09. The van der Waals surface area contributed by atoms with Crippen LogP contribution >= 0.6 is 15.9 Å². The second kappa shape index (κ2) is 3.58. The third-order valence-electron chi connectivity index (χ3n) is 1.57. The highest BCUT2D eigenvalue weighted by Crippen LogP contribution is 2.06. The molecule has 0 atom stereocenters. The Labute approximate surface area is 83.7 Å². The van der Waals surface area contributed by atoms with Crippen molar-refractivity contribution < 1.29 is 0 Å². The summed E-state index contributed by atoms with van der Waals surface area (Å²) >= 11 is 3.23. The van der Waals surface area contributed by atoms with E-state index < -0.39 is 0 Å². The van der Waals surface area contributed by atoms with Gasteiger partial charge >= 0.3 is 0 Å². The summed E-state index contributed by atoms with van der Waals surface area (Å²) in [6, 6.07) is 1.94. The Bertz CT molecular complexity index is 478. The summed E-state index contributed by atoms with van der Waals surface area (Å²) in [6.45, 7) is 0. The van der Waals surface area contributed by atoms with Crippen molar-refractivity contribution >= 4 is 27.1 Å². The number of halogens is 1. The summed E-state index contributed by atoms with van der Waals surface area (Å²) in [5.74, 6) is 5.88. The average molecular weight is 236 g/mol. The Morgan fingerprint density at radius 3 is 3.23 bits per heavy atom. The van der Waals surface area contributed by atoms with E-state index >= 15 is 0 Å². The Morgan fingerprint density at radius 1 is 1.46 bits per heavy atom. The summed E-state index contributed by atoms with van der Waals surface area (Å²) in [6.07, 6.45) is 3.35. The molecule has 0 unspecified atom stereocenters. The lowest BCUT2D eigenvalue weighted by Gasteiger charge is -1.88. The van der Waals surface area contributed by atoms with Crippen LogP contribution in [0.2, 0.25) is 0 Å². The Hall–Kier alpha value is -1.34. The molecule has 2 heterocycles. The number of alkyl halides is 1. The molecule has 2 rings (SSSR count). The van der Waals surface area contributed by atoms with Crippen molar-refractivity contribution in [2.24, 2.45) is 0 Å². The zero-order valence-electron chi connectivity index (χ0n) is 6.71. The lowest BCUT2D eigenvalue weighted by molar-refractivity contribution is 1.30. The summed E-state index contributed by atoms with van der Waals surface area (Å²) in [4.78, 5) is 11.1. The minimum atomic E-state index is 0.675. The van der Waals surface area contributed by atoms with Crippen LogP contribution in [0.15, 0.2) is 18.6 Å². The summed E-state index contributed by atoms with van der Waals surface area (Å²) in [5.41, 5.74) is 2.54. The fourth-order valence-corrected chi connectivity index (χ4v) is 1.17. The van der Waals surface area contributed by atoms with Crippen LogP contribution in [0.4, 0.5) is 0 Å². The molecule has 0 fully saturated rings. The van der Waals surface area contributed by atoms with Gasteiger partial charge in [0.25, 0.3) is 0 Å². The number of fused-ring (bicyclic) bond motifs is 1. The van der Waals surface area contributed by atoms with Crippen molar-refractivity contribution in [2.45, 2.75) is 0 Å². The first kappa shape index (κ1) is 8.27. The number of pyridine rings is 1. The predicted octanol–water partition coefficient (Wildman–Crippen LogP) is 1.70. The summed E-state index contributed by atoms with van der Waals surface area (Å²) < 4.78 is 0. The van der Waals surface area contributed by atoms with Crippen LogP contribution in [0.1, 0.15) is 5.56 Å². The van der Waals surface area contributed by atoms with Gasteiger partial charge < -0.3 is 4.98 Å².